The molecule has 284 valence electrons. The van der Waals surface area contributed by atoms with E-state index in [9.17, 15) is 0 Å². The van der Waals surface area contributed by atoms with E-state index >= 15 is 0 Å². The number of hydrogen-bond donors (Lipinski definition) is 0. The SMILES string of the molecule is CC1(C)c2ccccc2-c2ccc(N(c3ccccc3)c3ccccc3-c3ccc(C4=C(N(c5ccccc5)c5ccc(-c6ccccc6)cc5)CCC=C4)cc3)cc21. The van der Waals surface area contributed by atoms with Crippen LogP contribution in [0.2, 0.25) is 0 Å². The van der Waals surface area contributed by atoms with Crippen molar-refractivity contribution in [2.45, 2.75) is 32.1 Å². The Hall–Kier alpha value is -7.16. The van der Waals surface area contributed by atoms with Crippen LogP contribution in [0.3, 0.4) is 0 Å². The van der Waals surface area contributed by atoms with Crippen LogP contribution in [0.5, 0.6) is 0 Å². The molecule has 0 bridgehead atoms. The maximum atomic E-state index is 2.45. The number of rotatable bonds is 9. The third-order valence-corrected chi connectivity index (χ3v) is 12.2. The fourth-order valence-electron chi connectivity index (χ4n) is 9.20. The van der Waals surface area contributed by atoms with Gasteiger partial charge < -0.3 is 9.80 Å². The Balaban J connectivity index is 1.04. The van der Waals surface area contributed by atoms with Gasteiger partial charge in [0, 0.05) is 45.0 Å². The first-order valence-corrected chi connectivity index (χ1v) is 20.7. The standard InChI is InChI=1S/C57H46N2/c1-57(2)53-27-15-12-26-51(53)52-39-38-48(40-54(52)57)59(46-22-10-5-11-23-46)56-29-17-14-25-50(56)44-32-30-43(31-33-44)49-24-13-16-28-55(49)58(45-20-8-4-9-21-45)47-36-34-42(35-37-47)41-18-6-3-7-19-41/h3-15,17-27,29-40H,16,28H2,1-2H3. The number of allylic oxidation sites excluding steroid dienone is 4. The lowest BCUT2D eigenvalue weighted by atomic mass is 9.82. The molecule has 0 aromatic heterocycles. The first-order chi connectivity index (χ1) is 29.0. The smallest absolute Gasteiger partial charge is 0.0540 e. The number of benzene rings is 8. The fourth-order valence-corrected chi connectivity index (χ4v) is 9.20. The van der Waals surface area contributed by atoms with Gasteiger partial charge in [0.25, 0.3) is 0 Å². The molecule has 0 radical (unpaired) electrons. The van der Waals surface area contributed by atoms with E-state index in [4.69, 9.17) is 0 Å². The Labute approximate surface area is 348 Å². The summed E-state index contributed by atoms with van der Waals surface area (Å²) in [5.41, 5.74) is 19.6. The maximum absolute atomic E-state index is 2.45. The van der Waals surface area contributed by atoms with E-state index in [0.29, 0.717) is 0 Å². The number of nitrogens with zero attached hydrogens (tertiary/aromatic N) is 2. The number of anilines is 5. The molecule has 0 saturated heterocycles. The number of fused-ring (bicyclic) bond motifs is 3. The van der Waals surface area contributed by atoms with E-state index < -0.39 is 0 Å². The van der Waals surface area contributed by atoms with E-state index in [1.165, 1.54) is 61.3 Å². The lowest BCUT2D eigenvalue weighted by molar-refractivity contribution is 0.660. The third kappa shape index (κ3) is 6.67. The molecule has 0 aliphatic heterocycles. The summed E-state index contributed by atoms with van der Waals surface area (Å²) in [5.74, 6) is 0. The highest BCUT2D eigenvalue weighted by Gasteiger charge is 2.36. The minimum Gasteiger partial charge on any atom is -0.314 e. The molecule has 2 nitrogen and oxygen atoms in total. The van der Waals surface area contributed by atoms with Gasteiger partial charge >= 0.3 is 0 Å². The van der Waals surface area contributed by atoms with Gasteiger partial charge in [0.2, 0.25) is 0 Å². The third-order valence-electron chi connectivity index (χ3n) is 12.2. The van der Waals surface area contributed by atoms with Crippen LogP contribution < -0.4 is 9.80 Å². The van der Waals surface area contributed by atoms with Gasteiger partial charge in [0.15, 0.2) is 0 Å². The monoisotopic (exact) mass is 758 g/mol. The van der Waals surface area contributed by atoms with Crippen LogP contribution in [0, 0.1) is 0 Å². The van der Waals surface area contributed by atoms with E-state index in [2.05, 4.69) is 242 Å². The highest BCUT2D eigenvalue weighted by atomic mass is 15.2. The van der Waals surface area contributed by atoms with Gasteiger partial charge in [0.05, 0.1) is 5.69 Å². The molecule has 0 spiro atoms. The predicted octanol–water partition coefficient (Wildman–Crippen LogP) is 15.7. The molecule has 2 aliphatic carbocycles. The topological polar surface area (TPSA) is 6.48 Å². The molecule has 0 heterocycles. The van der Waals surface area contributed by atoms with Gasteiger partial charge in [-0.15, -0.1) is 0 Å². The molecule has 0 N–H and O–H groups in total. The van der Waals surface area contributed by atoms with Crippen molar-refractivity contribution >= 4 is 34.0 Å². The number of hydrogen-bond acceptors (Lipinski definition) is 2. The lowest BCUT2D eigenvalue weighted by Gasteiger charge is -2.31. The van der Waals surface area contributed by atoms with Gasteiger partial charge in [-0.25, -0.2) is 0 Å². The molecule has 2 aliphatic rings. The summed E-state index contributed by atoms with van der Waals surface area (Å²) < 4.78 is 0. The summed E-state index contributed by atoms with van der Waals surface area (Å²) in [4.78, 5) is 4.87. The molecule has 8 aromatic rings. The second-order valence-corrected chi connectivity index (χ2v) is 16.1. The van der Waals surface area contributed by atoms with Crippen LogP contribution >= 0.6 is 0 Å². The van der Waals surface area contributed by atoms with Gasteiger partial charge in [-0.3, -0.25) is 0 Å². The zero-order valence-corrected chi connectivity index (χ0v) is 33.6. The van der Waals surface area contributed by atoms with Crippen molar-refractivity contribution in [1.82, 2.24) is 0 Å². The summed E-state index contributed by atoms with van der Waals surface area (Å²) in [6, 6.07) is 75.1. The Bertz CT molecular complexity index is 2820. The van der Waals surface area contributed by atoms with Crippen molar-refractivity contribution in [3.05, 3.63) is 241 Å². The Morgan fingerprint density at radius 1 is 0.390 bits per heavy atom. The molecule has 0 fully saturated rings. The average Bonchev–Trinajstić information content (AvgIpc) is 3.53. The Morgan fingerprint density at radius 3 is 1.61 bits per heavy atom. The molecule has 8 aromatic carbocycles. The minimum atomic E-state index is -0.0948. The molecule has 0 saturated carbocycles. The Morgan fingerprint density at radius 2 is 0.898 bits per heavy atom. The van der Waals surface area contributed by atoms with Crippen LogP contribution in [-0.4, -0.2) is 0 Å². The Kier molecular flexibility index (Phi) is 9.39. The van der Waals surface area contributed by atoms with Crippen molar-refractivity contribution in [2.24, 2.45) is 0 Å². The van der Waals surface area contributed by atoms with Crippen molar-refractivity contribution in [3.63, 3.8) is 0 Å². The highest BCUT2D eigenvalue weighted by molar-refractivity contribution is 5.92. The van der Waals surface area contributed by atoms with Crippen molar-refractivity contribution < 1.29 is 0 Å². The van der Waals surface area contributed by atoms with Gasteiger partial charge in [-0.05, 0) is 112 Å². The van der Waals surface area contributed by atoms with Crippen LogP contribution in [0.4, 0.5) is 28.4 Å². The molecular formula is C57H46N2. The lowest BCUT2D eigenvalue weighted by Crippen LogP contribution is -2.19. The van der Waals surface area contributed by atoms with Crippen molar-refractivity contribution in [1.29, 1.82) is 0 Å². The van der Waals surface area contributed by atoms with Gasteiger partial charge in [-0.1, -0.05) is 178 Å². The van der Waals surface area contributed by atoms with E-state index in [1.54, 1.807) is 0 Å². The quantitative estimate of drug-likeness (QED) is 0.145. The summed E-state index contributed by atoms with van der Waals surface area (Å²) in [6.07, 6.45) is 6.58. The molecular weight excluding hydrogens is 713 g/mol. The second-order valence-electron chi connectivity index (χ2n) is 16.1. The minimum absolute atomic E-state index is 0.0948. The zero-order valence-electron chi connectivity index (χ0n) is 33.6. The normalized spacial score (nSPS) is 13.8. The first-order valence-electron chi connectivity index (χ1n) is 20.7. The molecule has 59 heavy (non-hydrogen) atoms. The highest BCUT2D eigenvalue weighted by Crippen LogP contribution is 2.51. The molecule has 2 heteroatoms. The molecule has 10 rings (SSSR count). The summed E-state index contributed by atoms with van der Waals surface area (Å²) in [7, 11) is 0. The van der Waals surface area contributed by atoms with E-state index in [-0.39, 0.29) is 5.41 Å². The fraction of sp³-hybridized carbons (Fsp3) is 0.0877. The van der Waals surface area contributed by atoms with Crippen LogP contribution in [0.1, 0.15) is 43.4 Å². The van der Waals surface area contributed by atoms with Crippen LogP contribution in [0.25, 0.3) is 39.0 Å². The van der Waals surface area contributed by atoms with E-state index in [0.717, 1.165) is 41.3 Å². The average molecular weight is 759 g/mol. The largest absolute Gasteiger partial charge is 0.314 e. The van der Waals surface area contributed by atoms with Crippen molar-refractivity contribution in [3.8, 4) is 33.4 Å². The predicted molar refractivity (Wildman–Crippen MR) is 250 cm³/mol. The molecule has 0 amide bonds. The molecule has 0 unspecified atom stereocenters. The second kappa shape index (κ2) is 15.3. The first kappa shape index (κ1) is 36.2. The summed E-state index contributed by atoms with van der Waals surface area (Å²) >= 11 is 0. The number of para-hydroxylation sites is 3. The zero-order chi connectivity index (χ0) is 39.8. The molecule has 0 atom stereocenters. The van der Waals surface area contributed by atoms with Gasteiger partial charge in [0.1, 0.15) is 0 Å². The van der Waals surface area contributed by atoms with Crippen molar-refractivity contribution in [2.75, 3.05) is 9.80 Å². The van der Waals surface area contributed by atoms with E-state index in [1.807, 2.05) is 0 Å². The van der Waals surface area contributed by atoms with Crippen LogP contribution in [-0.2, 0) is 5.41 Å². The maximum Gasteiger partial charge on any atom is 0.0540 e. The summed E-state index contributed by atoms with van der Waals surface area (Å²) in [6.45, 7) is 4.71. The van der Waals surface area contributed by atoms with Gasteiger partial charge in [-0.2, -0.15) is 0 Å². The summed E-state index contributed by atoms with van der Waals surface area (Å²) in [5, 5.41) is 0. The van der Waals surface area contributed by atoms with Crippen LogP contribution in [0.15, 0.2) is 224 Å².